The van der Waals surface area contributed by atoms with E-state index in [-0.39, 0.29) is 0 Å². The molecule has 1 aliphatic heterocycles. The Bertz CT molecular complexity index is 597. The van der Waals surface area contributed by atoms with Crippen molar-refractivity contribution in [2.45, 2.75) is 0 Å². The van der Waals surface area contributed by atoms with Gasteiger partial charge >= 0.3 is 0 Å². The molecule has 0 radical (unpaired) electrons. The van der Waals surface area contributed by atoms with Crippen LogP contribution in [0.1, 0.15) is 5.56 Å². The van der Waals surface area contributed by atoms with Gasteiger partial charge in [0, 0.05) is 17.8 Å². The molecule has 96 valence electrons. The maximum absolute atomic E-state index is 5.76. The van der Waals surface area contributed by atoms with Gasteiger partial charge in [-0.2, -0.15) is 0 Å². The third-order valence-corrected chi connectivity index (χ3v) is 2.68. The maximum atomic E-state index is 5.76. The second-order valence-corrected chi connectivity index (χ2v) is 4.20. The molecule has 0 fully saturated rings. The summed E-state index contributed by atoms with van der Waals surface area (Å²) in [5, 5.41) is 4.58. The Labute approximate surface area is 114 Å². The second-order valence-electron chi connectivity index (χ2n) is 3.76. The standard InChI is InChI=1S/C12H10ClN5O/c13-9-3-6-11(14-7-9)19-10-4-1-8(2-5-10)12-15-17-18-16-12/h1-7,17-18H,(H,15,16). The first kappa shape index (κ1) is 11.8. The minimum atomic E-state index is 0.497. The molecule has 7 heteroatoms. The number of hydrogen-bond donors (Lipinski definition) is 3. The molecule has 2 heterocycles. The van der Waals surface area contributed by atoms with Gasteiger partial charge < -0.3 is 4.74 Å². The van der Waals surface area contributed by atoms with Crippen LogP contribution in [-0.2, 0) is 0 Å². The fraction of sp³-hybridized carbons (Fsp3) is 0. The van der Waals surface area contributed by atoms with Crippen LogP contribution in [-0.4, -0.2) is 10.8 Å². The predicted octanol–water partition coefficient (Wildman–Crippen LogP) is 1.80. The molecule has 0 aliphatic carbocycles. The number of hydrogen-bond acceptors (Lipinski definition) is 6. The van der Waals surface area contributed by atoms with Crippen molar-refractivity contribution in [1.29, 1.82) is 0 Å². The Hall–Kier alpha value is -2.31. The number of halogens is 1. The first-order valence-corrected chi connectivity index (χ1v) is 5.92. The summed E-state index contributed by atoms with van der Waals surface area (Å²) < 4.78 is 5.59. The maximum Gasteiger partial charge on any atom is 0.219 e. The van der Waals surface area contributed by atoms with Crippen LogP contribution in [0.5, 0.6) is 11.6 Å². The first-order chi connectivity index (χ1) is 9.31. The van der Waals surface area contributed by atoms with E-state index in [1.54, 1.807) is 18.3 Å². The van der Waals surface area contributed by atoms with Gasteiger partial charge in [-0.1, -0.05) is 11.6 Å². The van der Waals surface area contributed by atoms with Crippen molar-refractivity contribution in [3.63, 3.8) is 0 Å². The number of hydrazine groups is 2. The Kier molecular flexibility index (Phi) is 3.18. The summed E-state index contributed by atoms with van der Waals surface area (Å²) in [6.45, 7) is 0. The van der Waals surface area contributed by atoms with E-state index in [1.807, 2.05) is 24.3 Å². The molecule has 0 spiro atoms. The highest BCUT2D eigenvalue weighted by molar-refractivity contribution is 6.30. The number of nitrogens with one attached hydrogen (secondary N) is 3. The van der Waals surface area contributed by atoms with Crippen LogP contribution >= 0.6 is 11.6 Å². The van der Waals surface area contributed by atoms with Crippen molar-refractivity contribution in [2.75, 3.05) is 0 Å². The van der Waals surface area contributed by atoms with Gasteiger partial charge in [0.2, 0.25) is 5.88 Å². The lowest BCUT2D eigenvalue weighted by molar-refractivity contribution is 0.463. The lowest BCUT2D eigenvalue weighted by Crippen LogP contribution is -2.35. The van der Waals surface area contributed by atoms with Crippen LogP contribution < -0.4 is 21.2 Å². The van der Waals surface area contributed by atoms with Crippen molar-refractivity contribution >= 4 is 17.4 Å². The number of nitrogens with zero attached hydrogens (tertiary/aromatic N) is 2. The third-order valence-electron chi connectivity index (χ3n) is 2.45. The molecule has 1 aromatic carbocycles. The highest BCUT2D eigenvalue weighted by atomic mass is 35.5. The first-order valence-electron chi connectivity index (χ1n) is 5.55. The van der Waals surface area contributed by atoms with Crippen LogP contribution in [0, 0.1) is 0 Å². The molecule has 19 heavy (non-hydrogen) atoms. The molecule has 6 nitrogen and oxygen atoms in total. The minimum Gasteiger partial charge on any atom is -0.439 e. The van der Waals surface area contributed by atoms with Crippen molar-refractivity contribution in [3.8, 4) is 11.6 Å². The Morgan fingerprint density at radius 2 is 1.89 bits per heavy atom. The van der Waals surface area contributed by atoms with Gasteiger partial charge in [0.05, 0.1) is 5.02 Å². The lowest BCUT2D eigenvalue weighted by Gasteiger charge is -2.05. The van der Waals surface area contributed by atoms with E-state index < -0.39 is 0 Å². The summed E-state index contributed by atoms with van der Waals surface area (Å²) in [5.74, 6) is 1.91. The van der Waals surface area contributed by atoms with Gasteiger partial charge in [-0.25, -0.2) is 10.5 Å². The van der Waals surface area contributed by atoms with E-state index in [4.69, 9.17) is 16.3 Å². The minimum absolute atomic E-state index is 0.497. The summed E-state index contributed by atoms with van der Waals surface area (Å²) >= 11 is 5.76. The predicted molar refractivity (Wildman–Crippen MR) is 71.7 cm³/mol. The quantitative estimate of drug-likeness (QED) is 0.797. The van der Waals surface area contributed by atoms with E-state index in [1.165, 1.54) is 0 Å². The Morgan fingerprint density at radius 3 is 2.53 bits per heavy atom. The fourth-order valence-corrected chi connectivity index (χ4v) is 1.67. The van der Waals surface area contributed by atoms with Crippen molar-refractivity contribution in [1.82, 2.24) is 21.5 Å². The molecular formula is C12H10ClN5O. The number of rotatable bonds is 3. The molecule has 0 atom stereocenters. The average Bonchev–Trinajstić information content (AvgIpc) is 2.96. The highest BCUT2D eigenvalue weighted by Gasteiger charge is 2.07. The van der Waals surface area contributed by atoms with Crippen LogP contribution in [0.15, 0.2) is 47.7 Å². The second kappa shape index (κ2) is 5.13. The summed E-state index contributed by atoms with van der Waals surface area (Å²) in [6.07, 6.45) is 1.54. The molecule has 3 N–H and O–H groups in total. The van der Waals surface area contributed by atoms with Crippen molar-refractivity contribution in [3.05, 3.63) is 53.2 Å². The van der Waals surface area contributed by atoms with Gasteiger partial charge in [0.15, 0.2) is 5.84 Å². The lowest BCUT2D eigenvalue weighted by atomic mass is 10.2. The highest BCUT2D eigenvalue weighted by Crippen LogP contribution is 2.20. The summed E-state index contributed by atoms with van der Waals surface area (Å²) in [4.78, 5) is 4.06. The number of hydrazone groups is 1. The van der Waals surface area contributed by atoms with E-state index in [2.05, 4.69) is 26.6 Å². The molecule has 0 unspecified atom stereocenters. The van der Waals surface area contributed by atoms with E-state index >= 15 is 0 Å². The smallest absolute Gasteiger partial charge is 0.219 e. The van der Waals surface area contributed by atoms with Gasteiger partial charge in [0.1, 0.15) is 5.75 Å². The van der Waals surface area contributed by atoms with Crippen LogP contribution in [0.4, 0.5) is 0 Å². The van der Waals surface area contributed by atoms with Gasteiger partial charge in [0.25, 0.3) is 0 Å². The number of aromatic nitrogens is 1. The van der Waals surface area contributed by atoms with Crippen LogP contribution in [0.2, 0.25) is 5.02 Å². The van der Waals surface area contributed by atoms with Gasteiger partial charge in [-0.15, -0.1) is 10.6 Å². The van der Waals surface area contributed by atoms with E-state index in [0.717, 1.165) is 11.4 Å². The van der Waals surface area contributed by atoms with E-state index in [0.29, 0.717) is 16.7 Å². The molecule has 0 saturated carbocycles. The Balaban J connectivity index is 1.73. The normalized spacial score (nSPS) is 13.4. The van der Waals surface area contributed by atoms with Gasteiger partial charge in [-0.05, 0) is 30.3 Å². The average molecular weight is 276 g/mol. The summed E-state index contributed by atoms with van der Waals surface area (Å²) in [6, 6.07) is 10.9. The largest absolute Gasteiger partial charge is 0.439 e. The topological polar surface area (TPSA) is 70.6 Å². The monoisotopic (exact) mass is 275 g/mol. The summed E-state index contributed by atoms with van der Waals surface area (Å²) in [7, 11) is 0. The van der Waals surface area contributed by atoms with Crippen LogP contribution in [0.3, 0.4) is 0 Å². The molecule has 0 saturated heterocycles. The molecule has 3 rings (SSSR count). The number of benzene rings is 1. The SMILES string of the molecule is Clc1ccc(Oc2ccc(C3=NNNN3)cc2)nc1. The summed E-state index contributed by atoms with van der Waals surface area (Å²) in [5.41, 5.74) is 9.08. The molecule has 0 bridgehead atoms. The van der Waals surface area contributed by atoms with Crippen LogP contribution in [0.25, 0.3) is 0 Å². The van der Waals surface area contributed by atoms with Gasteiger partial charge in [-0.3, -0.25) is 5.43 Å². The van der Waals surface area contributed by atoms with E-state index in [9.17, 15) is 0 Å². The number of pyridine rings is 1. The molecule has 2 aromatic rings. The molecular weight excluding hydrogens is 266 g/mol. The zero-order valence-corrected chi connectivity index (χ0v) is 10.5. The fourth-order valence-electron chi connectivity index (χ4n) is 1.56. The molecule has 1 aliphatic rings. The molecule has 0 amide bonds. The molecule has 1 aromatic heterocycles. The number of ether oxygens (including phenoxy) is 1. The number of amidine groups is 1. The Morgan fingerprint density at radius 1 is 1.05 bits per heavy atom. The zero-order chi connectivity index (χ0) is 13.1. The zero-order valence-electron chi connectivity index (χ0n) is 9.72. The van der Waals surface area contributed by atoms with Crippen molar-refractivity contribution < 1.29 is 4.74 Å². The van der Waals surface area contributed by atoms with Crippen molar-refractivity contribution in [2.24, 2.45) is 5.10 Å². The third kappa shape index (κ3) is 2.75.